The van der Waals surface area contributed by atoms with E-state index in [9.17, 15) is 9.18 Å². The number of rotatable bonds is 6. The lowest BCUT2D eigenvalue weighted by Gasteiger charge is -2.37. The molecule has 1 amide bonds. The molecule has 1 saturated heterocycles. The topological polar surface area (TPSA) is 37.7 Å². The predicted octanol–water partition coefficient (Wildman–Crippen LogP) is 5.20. The normalized spacial score (nSPS) is 14.8. The van der Waals surface area contributed by atoms with Crippen LogP contribution in [0.15, 0.2) is 79.0 Å². The molecule has 1 aliphatic heterocycles. The van der Waals surface area contributed by atoms with Gasteiger partial charge in [0.1, 0.15) is 11.6 Å². The van der Waals surface area contributed by atoms with E-state index in [4.69, 9.17) is 4.74 Å². The Kier molecular flexibility index (Phi) is 6.45. The number of hydrogen-bond donors (Lipinski definition) is 0. The first-order chi connectivity index (χ1) is 17.0. The van der Waals surface area contributed by atoms with Crippen molar-refractivity contribution >= 4 is 22.5 Å². The number of carbonyl (C=O) groups is 1. The Morgan fingerprint density at radius 2 is 1.63 bits per heavy atom. The number of carbonyl (C=O) groups excluding carboxylic acids is 1. The lowest BCUT2D eigenvalue weighted by Crippen LogP contribution is -2.49. The number of fused-ring (bicyclic) bond motifs is 1. The number of amides is 1. The van der Waals surface area contributed by atoms with Crippen LogP contribution in [0.3, 0.4) is 0 Å². The molecular formula is C29H30FN3O2. The van der Waals surface area contributed by atoms with E-state index in [1.54, 1.807) is 19.2 Å². The summed E-state index contributed by atoms with van der Waals surface area (Å²) in [6, 6.07) is 22.8. The molecule has 180 valence electrons. The summed E-state index contributed by atoms with van der Waals surface area (Å²) in [6.45, 7) is 2.81. The summed E-state index contributed by atoms with van der Waals surface area (Å²) in [7, 11) is 3.70. The van der Waals surface area contributed by atoms with Gasteiger partial charge in [-0.25, -0.2) is 4.39 Å². The summed E-state index contributed by atoms with van der Waals surface area (Å²) in [4.78, 5) is 17.8. The lowest BCUT2D eigenvalue weighted by molar-refractivity contribution is -0.131. The van der Waals surface area contributed by atoms with Crippen molar-refractivity contribution in [3.63, 3.8) is 0 Å². The predicted molar refractivity (Wildman–Crippen MR) is 138 cm³/mol. The van der Waals surface area contributed by atoms with Crippen LogP contribution >= 0.6 is 0 Å². The van der Waals surface area contributed by atoms with Gasteiger partial charge < -0.3 is 19.1 Å². The molecule has 1 unspecified atom stereocenters. The van der Waals surface area contributed by atoms with Crippen LogP contribution in [0.2, 0.25) is 0 Å². The van der Waals surface area contributed by atoms with Crippen LogP contribution in [0.1, 0.15) is 23.5 Å². The van der Waals surface area contributed by atoms with Crippen LogP contribution < -0.4 is 9.64 Å². The van der Waals surface area contributed by atoms with Gasteiger partial charge in [0, 0.05) is 62.7 Å². The molecule has 0 spiro atoms. The summed E-state index contributed by atoms with van der Waals surface area (Å²) in [5, 5.41) is 1.12. The largest absolute Gasteiger partial charge is 0.495 e. The third-order valence-corrected chi connectivity index (χ3v) is 7.01. The number of aryl methyl sites for hydroxylation is 1. The second-order valence-corrected chi connectivity index (χ2v) is 9.06. The summed E-state index contributed by atoms with van der Waals surface area (Å²) in [5.41, 5.74) is 4.22. The number of benzene rings is 3. The number of hydrogen-bond acceptors (Lipinski definition) is 3. The van der Waals surface area contributed by atoms with Crippen molar-refractivity contribution in [1.29, 1.82) is 0 Å². The van der Waals surface area contributed by atoms with E-state index in [0.717, 1.165) is 46.6 Å². The van der Waals surface area contributed by atoms with E-state index in [2.05, 4.69) is 33.9 Å². The van der Waals surface area contributed by atoms with Crippen molar-refractivity contribution < 1.29 is 13.9 Å². The van der Waals surface area contributed by atoms with E-state index in [0.29, 0.717) is 19.5 Å². The second kappa shape index (κ2) is 9.82. The molecule has 1 fully saturated rings. The third kappa shape index (κ3) is 4.61. The molecule has 0 N–H and O–H groups in total. The zero-order valence-electron chi connectivity index (χ0n) is 20.2. The molecule has 2 heterocycles. The number of halogens is 1. The van der Waals surface area contributed by atoms with E-state index >= 15 is 0 Å². The summed E-state index contributed by atoms with van der Waals surface area (Å²) in [6.07, 6.45) is 2.44. The first kappa shape index (κ1) is 23.0. The fourth-order valence-electron chi connectivity index (χ4n) is 5.14. The highest BCUT2D eigenvalue weighted by Crippen LogP contribution is 2.35. The van der Waals surface area contributed by atoms with Gasteiger partial charge in [0.05, 0.1) is 12.8 Å². The van der Waals surface area contributed by atoms with E-state index < -0.39 is 0 Å². The molecule has 1 aromatic heterocycles. The van der Waals surface area contributed by atoms with Crippen LogP contribution in [0, 0.1) is 5.82 Å². The fourth-order valence-corrected chi connectivity index (χ4v) is 5.14. The first-order valence-electron chi connectivity index (χ1n) is 12.0. The lowest BCUT2D eigenvalue weighted by atomic mass is 9.87. The van der Waals surface area contributed by atoms with Gasteiger partial charge in [0.25, 0.3) is 0 Å². The maximum Gasteiger partial charge on any atom is 0.223 e. The van der Waals surface area contributed by atoms with Crippen molar-refractivity contribution in [1.82, 2.24) is 9.47 Å². The van der Waals surface area contributed by atoms with Gasteiger partial charge in [-0.15, -0.1) is 0 Å². The minimum Gasteiger partial charge on any atom is -0.495 e. The molecule has 0 saturated carbocycles. The van der Waals surface area contributed by atoms with Gasteiger partial charge in [0.15, 0.2) is 0 Å². The Morgan fingerprint density at radius 1 is 0.943 bits per heavy atom. The monoisotopic (exact) mass is 471 g/mol. The minimum atomic E-state index is -0.274. The molecule has 35 heavy (non-hydrogen) atoms. The molecule has 5 nitrogen and oxygen atoms in total. The quantitative estimate of drug-likeness (QED) is 0.388. The fraction of sp³-hybridized carbons (Fsp3) is 0.276. The van der Waals surface area contributed by atoms with Gasteiger partial charge in [-0.3, -0.25) is 4.79 Å². The van der Waals surface area contributed by atoms with Crippen molar-refractivity contribution in [2.24, 2.45) is 7.05 Å². The average Bonchev–Trinajstić information content (AvgIpc) is 3.24. The van der Waals surface area contributed by atoms with Gasteiger partial charge >= 0.3 is 0 Å². The Bertz CT molecular complexity index is 1320. The van der Waals surface area contributed by atoms with Crippen LogP contribution in [0.25, 0.3) is 10.9 Å². The molecule has 3 aromatic carbocycles. The summed E-state index contributed by atoms with van der Waals surface area (Å²) < 4.78 is 21.3. The van der Waals surface area contributed by atoms with E-state index in [1.807, 2.05) is 42.3 Å². The van der Waals surface area contributed by atoms with Crippen molar-refractivity contribution in [3.8, 4) is 5.75 Å². The standard InChI is InChI=1S/C29H30FN3O2/c1-31-20-25(23-7-3-4-8-26(23)31)24(21-11-13-22(30)14-12-21)19-29(34)33-17-15-32(16-18-33)27-9-5-6-10-28(27)35-2/h3-14,20,24H,15-19H2,1-2H3. The van der Waals surface area contributed by atoms with Crippen LogP contribution in [-0.2, 0) is 11.8 Å². The SMILES string of the molecule is COc1ccccc1N1CCN(C(=O)CC(c2ccc(F)cc2)c2cn(C)c3ccccc23)CC1. The first-order valence-corrected chi connectivity index (χ1v) is 12.0. The highest BCUT2D eigenvalue weighted by atomic mass is 19.1. The van der Waals surface area contributed by atoms with Crippen LogP contribution in [-0.4, -0.2) is 48.7 Å². The van der Waals surface area contributed by atoms with Gasteiger partial charge in [-0.2, -0.15) is 0 Å². The molecule has 0 aliphatic carbocycles. The third-order valence-electron chi connectivity index (χ3n) is 7.01. The Balaban J connectivity index is 1.37. The molecule has 1 atom stereocenters. The minimum absolute atomic E-state index is 0.118. The van der Waals surface area contributed by atoms with Crippen LogP contribution in [0.4, 0.5) is 10.1 Å². The zero-order chi connectivity index (χ0) is 24.4. The number of nitrogens with zero attached hydrogens (tertiary/aromatic N) is 3. The molecule has 4 aromatic rings. The maximum atomic E-state index is 13.7. The van der Waals surface area contributed by atoms with E-state index in [1.165, 1.54) is 12.1 Å². The van der Waals surface area contributed by atoms with Gasteiger partial charge in [-0.05, 0) is 41.5 Å². The number of ether oxygens (including phenoxy) is 1. The number of methoxy groups -OCH3 is 1. The van der Waals surface area contributed by atoms with Crippen molar-refractivity contribution in [2.45, 2.75) is 12.3 Å². The zero-order valence-corrected chi connectivity index (χ0v) is 20.2. The summed E-state index contributed by atoms with van der Waals surface area (Å²) >= 11 is 0. The number of piperazine rings is 1. The van der Waals surface area contributed by atoms with Gasteiger partial charge in [0.2, 0.25) is 5.91 Å². The number of anilines is 1. The summed E-state index contributed by atoms with van der Waals surface area (Å²) in [5.74, 6) is 0.539. The molecular weight excluding hydrogens is 441 g/mol. The number of para-hydroxylation sites is 3. The Morgan fingerprint density at radius 3 is 2.37 bits per heavy atom. The molecule has 0 radical (unpaired) electrons. The molecule has 1 aliphatic rings. The van der Waals surface area contributed by atoms with Gasteiger partial charge in [-0.1, -0.05) is 42.5 Å². The Hall–Kier alpha value is -3.80. The van der Waals surface area contributed by atoms with Crippen molar-refractivity contribution in [3.05, 3.63) is 95.9 Å². The smallest absolute Gasteiger partial charge is 0.223 e. The molecule has 6 heteroatoms. The average molecular weight is 472 g/mol. The molecule has 0 bridgehead atoms. The maximum absolute atomic E-state index is 13.7. The molecule has 5 rings (SSSR count). The van der Waals surface area contributed by atoms with Crippen LogP contribution in [0.5, 0.6) is 5.75 Å². The Labute approximate surface area is 205 Å². The highest BCUT2D eigenvalue weighted by molar-refractivity contribution is 5.86. The highest BCUT2D eigenvalue weighted by Gasteiger charge is 2.27. The van der Waals surface area contributed by atoms with Crippen molar-refractivity contribution in [2.75, 3.05) is 38.2 Å². The number of aromatic nitrogens is 1. The second-order valence-electron chi connectivity index (χ2n) is 9.06. The van der Waals surface area contributed by atoms with E-state index in [-0.39, 0.29) is 17.6 Å².